The largest absolute Gasteiger partial charge is 0.379 e. The maximum absolute atomic E-state index is 12.9. The van der Waals surface area contributed by atoms with E-state index in [1.807, 2.05) is 30.5 Å². The third-order valence-corrected chi connectivity index (χ3v) is 4.98. The second-order valence-electron chi connectivity index (χ2n) is 5.28. The molecule has 0 aliphatic carbocycles. The van der Waals surface area contributed by atoms with Gasteiger partial charge in [0.2, 0.25) is 0 Å². The normalized spacial score (nSPS) is 19.6. The number of carbonyl (C=O) groups is 1. The summed E-state index contributed by atoms with van der Waals surface area (Å²) in [4.78, 5) is 16.4. The second-order valence-corrected chi connectivity index (χ2v) is 6.16. The van der Waals surface area contributed by atoms with E-state index >= 15 is 0 Å². The monoisotopic (exact) mass is 293 g/mol. The van der Waals surface area contributed by atoms with Crippen LogP contribution >= 0.6 is 11.8 Å². The Labute approximate surface area is 125 Å². The van der Waals surface area contributed by atoms with Gasteiger partial charge in [-0.3, -0.25) is 9.69 Å². The first-order chi connectivity index (χ1) is 9.61. The zero-order valence-corrected chi connectivity index (χ0v) is 13.3. The van der Waals surface area contributed by atoms with Crippen LogP contribution in [0.5, 0.6) is 0 Å². The zero-order chi connectivity index (χ0) is 14.6. The Morgan fingerprint density at radius 2 is 1.90 bits per heavy atom. The molecule has 0 spiro atoms. The molecule has 110 valence electrons. The molecular formula is C16H23NO2S. The summed E-state index contributed by atoms with van der Waals surface area (Å²) in [6.45, 7) is 7.24. The molecular weight excluding hydrogens is 270 g/mol. The number of rotatable bonds is 5. The van der Waals surface area contributed by atoms with E-state index in [4.69, 9.17) is 4.74 Å². The first-order valence-electron chi connectivity index (χ1n) is 7.13. The number of carbonyl (C=O) groups excluding carboxylic acids is 1. The van der Waals surface area contributed by atoms with E-state index in [1.165, 1.54) is 4.90 Å². The molecule has 20 heavy (non-hydrogen) atoms. The van der Waals surface area contributed by atoms with Crippen molar-refractivity contribution in [3.05, 3.63) is 29.8 Å². The summed E-state index contributed by atoms with van der Waals surface area (Å²) in [7, 11) is 0. The molecule has 4 heteroatoms. The van der Waals surface area contributed by atoms with Crippen molar-refractivity contribution in [2.75, 3.05) is 32.6 Å². The SMILES string of the molecule is CCC(C)(C(=O)c1ccc(SC)cc1)N1CCOCC1. The molecule has 1 aliphatic heterocycles. The molecule has 1 atom stereocenters. The molecule has 0 N–H and O–H groups in total. The number of hydrogen-bond donors (Lipinski definition) is 0. The Balaban J connectivity index is 2.22. The number of ketones is 1. The third kappa shape index (κ3) is 3.08. The molecule has 0 bridgehead atoms. The smallest absolute Gasteiger partial charge is 0.182 e. The third-order valence-electron chi connectivity index (χ3n) is 4.24. The maximum atomic E-state index is 12.9. The predicted molar refractivity (Wildman–Crippen MR) is 83.6 cm³/mol. The van der Waals surface area contributed by atoms with Gasteiger partial charge in [-0.05, 0) is 31.7 Å². The van der Waals surface area contributed by atoms with E-state index in [9.17, 15) is 4.79 Å². The van der Waals surface area contributed by atoms with Gasteiger partial charge in [0.05, 0.1) is 18.8 Å². The molecule has 0 saturated carbocycles. The van der Waals surface area contributed by atoms with Gasteiger partial charge < -0.3 is 4.74 Å². The fraction of sp³-hybridized carbons (Fsp3) is 0.562. The van der Waals surface area contributed by atoms with Gasteiger partial charge >= 0.3 is 0 Å². The van der Waals surface area contributed by atoms with Crippen LogP contribution in [0.1, 0.15) is 30.6 Å². The Hall–Kier alpha value is -0.840. The van der Waals surface area contributed by atoms with Crippen molar-refractivity contribution in [1.29, 1.82) is 0 Å². The highest BCUT2D eigenvalue weighted by molar-refractivity contribution is 7.98. The highest BCUT2D eigenvalue weighted by Crippen LogP contribution is 2.26. The van der Waals surface area contributed by atoms with Crippen LogP contribution in [0.3, 0.4) is 0 Å². The molecule has 0 amide bonds. The van der Waals surface area contributed by atoms with Crippen molar-refractivity contribution in [1.82, 2.24) is 4.90 Å². The molecule has 1 aromatic rings. The zero-order valence-electron chi connectivity index (χ0n) is 12.5. The first kappa shape index (κ1) is 15.5. The van der Waals surface area contributed by atoms with Gasteiger partial charge in [0.25, 0.3) is 0 Å². The summed E-state index contributed by atoms with van der Waals surface area (Å²) in [6, 6.07) is 7.94. The average Bonchev–Trinajstić information content (AvgIpc) is 2.54. The van der Waals surface area contributed by atoms with E-state index in [1.54, 1.807) is 11.8 Å². The fourth-order valence-electron chi connectivity index (χ4n) is 2.64. The molecule has 1 saturated heterocycles. The van der Waals surface area contributed by atoms with Crippen molar-refractivity contribution in [2.45, 2.75) is 30.7 Å². The number of Topliss-reactive ketones (excluding diaryl/α,β-unsaturated/α-hetero) is 1. The van der Waals surface area contributed by atoms with Gasteiger partial charge in [0.1, 0.15) is 0 Å². The van der Waals surface area contributed by atoms with Crippen molar-refractivity contribution in [2.24, 2.45) is 0 Å². The minimum Gasteiger partial charge on any atom is -0.379 e. The van der Waals surface area contributed by atoms with Crippen LogP contribution in [-0.2, 0) is 4.74 Å². The lowest BCUT2D eigenvalue weighted by Crippen LogP contribution is -2.56. The van der Waals surface area contributed by atoms with Gasteiger partial charge in [0.15, 0.2) is 5.78 Å². The lowest BCUT2D eigenvalue weighted by Gasteiger charge is -2.41. The lowest BCUT2D eigenvalue weighted by atomic mass is 9.86. The van der Waals surface area contributed by atoms with E-state index in [0.717, 1.165) is 25.1 Å². The number of morpholine rings is 1. The Morgan fingerprint density at radius 1 is 1.30 bits per heavy atom. The number of ether oxygens (including phenoxy) is 1. The Kier molecular flexibility index (Phi) is 5.24. The Bertz CT molecular complexity index is 454. The first-order valence-corrected chi connectivity index (χ1v) is 8.36. The van der Waals surface area contributed by atoms with Crippen LogP contribution in [-0.4, -0.2) is 48.8 Å². The van der Waals surface area contributed by atoms with E-state index in [-0.39, 0.29) is 5.78 Å². The van der Waals surface area contributed by atoms with E-state index < -0.39 is 5.54 Å². The van der Waals surface area contributed by atoms with Crippen LogP contribution in [0.25, 0.3) is 0 Å². The summed E-state index contributed by atoms with van der Waals surface area (Å²) in [6.07, 6.45) is 2.86. The van der Waals surface area contributed by atoms with Crippen LogP contribution in [0, 0.1) is 0 Å². The number of thioether (sulfide) groups is 1. The molecule has 2 rings (SSSR count). The minimum absolute atomic E-state index is 0.217. The van der Waals surface area contributed by atoms with Crippen molar-refractivity contribution in [3.63, 3.8) is 0 Å². The topological polar surface area (TPSA) is 29.5 Å². The molecule has 0 aromatic heterocycles. The minimum atomic E-state index is -0.426. The average molecular weight is 293 g/mol. The van der Waals surface area contributed by atoms with Crippen LogP contribution < -0.4 is 0 Å². The molecule has 1 aliphatic rings. The summed E-state index contributed by atoms with van der Waals surface area (Å²) in [5, 5.41) is 0. The molecule has 1 heterocycles. The molecule has 3 nitrogen and oxygen atoms in total. The Morgan fingerprint density at radius 3 is 2.40 bits per heavy atom. The summed E-state index contributed by atoms with van der Waals surface area (Å²) in [5.41, 5.74) is 0.378. The lowest BCUT2D eigenvalue weighted by molar-refractivity contribution is -0.0106. The maximum Gasteiger partial charge on any atom is 0.182 e. The van der Waals surface area contributed by atoms with Crippen LogP contribution in [0.15, 0.2) is 29.2 Å². The fourth-order valence-corrected chi connectivity index (χ4v) is 3.05. The van der Waals surface area contributed by atoms with Gasteiger partial charge in [-0.1, -0.05) is 19.1 Å². The van der Waals surface area contributed by atoms with E-state index in [0.29, 0.717) is 13.2 Å². The quantitative estimate of drug-likeness (QED) is 0.616. The van der Waals surface area contributed by atoms with E-state index in [2.05, 4.69) is 18.7 Å². The van der Waals surface area contributed by atoms with Gasteiger partial charge in [-0.15, -0.1) is 11.8 Å². The van der Waals surface area contributed by atoms with Gasteiger partial charge in [-0.2, -0.15) is 0 Å². The predicted octanol–water partition coefficient (Wildman–Crippen LogP) is 3.09. The summed E-state index contributed by atoms with van der Waals surface area (Å²) in [5.74, 6) is 0.217. The van der Waals surface area contributed by atoms with Crippen molar-refractivity contribution < 1.29 is 9.53 Å². The van der Waals surface area contributed by atoms with Crippen LogP contribution in [0.2, 0.25) is 0 Å². The number of benzene rings is 1. The molecule has 1 aromatic carbocycles. The number of hydrogen-bond acceptors (Lipinski definition) is 4. The highest BCUT2D eigenvalue weighted by atomic mass is 32.2. The number of nitrogens with zero attached hydrogens (tertiary/aromatic N) is 1. The molecule has 1 unspecified atom stereocenters. The van der Waals surface area contributed by atoms with Crippen LogP contribution in [0.4, 0.5) is 0 Å². The molecule has 0 radical (unpaired) electrons. The standard InChI is InChI=1S/C16H23NO2S/c1-4-16(2,17-9-11-19-12-10-17)15(18)13-5-7-14(20-3)8-6-13/h5-8H,4,9-12H2,1-3H3. The summed E-state index contributed by atoms with van der Waals surface area (Å²) < 4.78 is 5.40. The van der Waals surface area contributed by atoms with Gasteiger partial charge in [0, 0.05) is 23.5 Å². The highest BCUT2D eigenvalue weighted by Gasteiger charge is 2.38. The molecule has 1 fully saturated rings. The van der Waals surface area contributed by atoms with Crippen molar-refractivity contribution in [3.8, 4) is 0 Å². The van der Waals surface area contributed by atoms with Gasteiger partial charge in [-0.25, -0.2) is 0 Å². The summed E-state index contributed by atoms with van der Waals surface area (Å²) >= 11 is 1.69. The second kappa shape index (κ2) is 6.74. The van der Waals surface area contributed by atoms with Crippen molar-refractivity contribution >= 4 is 17.5 Å².